The topological polar surface area (TPSA) is 46.5 Å². The minimum Gasteiger partial charge on any atom is -0.491 e. The average molecular weight is 337 g/mol. The van der Waals surface area contributed by atoms with Gasteiger partial charge >= 0.3 is 6.18 Å². The summed E-state index contributed by atoms with van der Waals surface area (Å²) in [5.41, 5.74) is 2.62. The molecule has 0 radical (unpaired) electrons. The van der Waals surface area contributed by atoms with Crippen LogP contribution < -0.4 is 10.2 Å². The molecule has 1 aromatic heterocycles. The molecule has 1 heterocycles. The predicted molar refractivity (Wildman–Crippen MR) is 87.3 cm³/mol. The SMILES string of the molecule is CC[C@H](C)Oc1ccc(/C=N\Nc2ccc(C(F)(F)F)cn2)cc1. The third-order valence-corrected chi connectivity index (χ3v) is 3.28. The lowest BCUT2D eigenvalue weighted by Crippen LogP contribution is -2.09. The van der Waals surface area contributed by atoms with Crippen LogP contribution in [0.1, 0.15) is 31.4 Å². The maximum atomic E-state index is 12.4. The van der Waals surface area contributed by atoms with E-state index >= 15 is 0 Å². The van der Waals surface area contributed by atoms with Crippen molar-refractivity contribution in [2.75, 3.05) is 5.43 Å². The number of nitrogens with one attached hydrogen (secondary N) is 1. The van der Waals surface area contributed by atoms with E-state index in [-0.39, 0.29) is 11.9 Å². The Morgan fingerprint density at radius 3 is 2.46 bits per heavy atom. The van der Waals surface area contributed by atoms with Gasteiger partial charge in [0.05, 0.1) is 17.9 Å². The molecule has 0 unspecified atom stereocenters. The number of anilines is 1. The van der Waals surface area contributed by atoms with Gasteiger partial charge in [-0.15, -0.1) is 0 Å². The lowest BCUT2D eigenvalue weighted by Gasteiger charge is -2.12. The molecule has 1 N–H and O–H groups in total. The first kappa shape index (κ1) is 17.8. The molecular weight excluding hydrogens is 319 g/mol. The zero-order valence-corrected chi connectivity index (χ0v) is 13.3. The van der Waals surface area contributed by atoms with Gasteiger partial charge in [-0.2, -0.15) is 18.3 Å². The maximum absolute atomic E-state index is 12.4. The van der Waals surface area contributed by atoms with Crippen LogP contribution in [0.2, 0.25) is 0 Å². The van der Waals surface area contributed by atoms with E-state index in [0.29, 0.717) is 0 Å². The van der Waals surface area contributed by atoms with E-state index in [2.05, 4.69) is 15.5 Å². The van der Waals surface area contributed by atoms with Gasteiger partial charge in [-0.1, -0.05) is 6.92 Å². The second-order valence-electron chi connectivity index (χ2n) is 5.21. The van der Waals surface area contributed by atoms with Gasteiger partial charge in [0.1, 0.15) is 11.6 Å². The van der Waals surface area contributed by atoms with E-state index in [9.17, 15) is 13.2 Å². The molecule has 24 heavy (non-hydrogen) atoms. The van der Waals surface area contributed by atoms with Gasteiger partial charge in [0.2, 0.25) is 0 Å². The number of nitrogens with zero attached hydrogens (tertiary/aromatic N) is 2. The maximum Gasteiger partial charge on any atom is 0.417 e. The quantitative estimate of drug-likeness (QED) is 0.613. The second-order valence-corrected chi connectivity index (χ2v) is 5.21. The fraction of sp³-hybridized carbons (Fsp3) is 0.294. The van der Waals surface area contributed by atoms with Gasteiger partial charge in [-0.25, -0.2) is 4.98 Å². The van der Waals surface area contributed by atoms with Crippen molar-refractivity contribution in [3.8, 4) is 5.75 Å². The molecule has 128 valence electrons. The molecule has 0 amide bonds. The molecule has 1 aromatic carbocycles. The van der Waals surface area contributed by atoms with Gasteiger partial charge in [-0.3, -0.25) is 5.43 Å². The van der Waals surface area contributed by atoms with Gasteiger partial charge in [0.25, 0.3) is 0 Å². The van der Waals surface area contributed by atoms with E-state index in [0.717, 1.165) is 30.0 Å². The van der Waals surface area contributed by atoms with Crippen molar-refractivity contribution < 1.29 is 17.9 Å². The molecule has 2 rings (SSSR count). The van der Waals surface area contributed by atoms with Crippen molar-refractivity contribution in [3.05, 3.63) is 53.7 Å². The van der Waals surface area contributed by atoms with Crippen LogP contribution in [0.3, 0.4) is 0 Å². The minimum absolute atomic E-state index is 0.150. The molecule has 0 fully saturated rings. The summed E-state index contributed by atoms with van der Waals surface area (Å²) in [4.78, 5) is 3.67. The summed E-state index contributed by atoms with van der Waals surface area (Å²) in [6, 6.07) is 9.52. The fourth-order valence-corrected chi connectivity index (χ4v) is 1.75. The molecule has 0 aliphatic heterocycles. The van der Waals surface area contributed by atoms with Gasteiger partial charge < -0.3 is 4.74 Å². The molecule has 0 bridgehead atoms. The van der Waals surface area contributed by atoms with E-state index in [1.165, 1.54) is 6.07 Å². The number of benzene rings is 1. The number of rotatable bonds is 6. The number of hydrazone groups is 1. The Morgan fingerprint density at radius 2 is 1.92 bits per heavy atom. The van der Waals surface area contributed by atoms with Crippen LogP contribution in [0.15, 0.2) is 47.7 Å². The van der Waals surface area contributed by atoms with Gasteiger partial charge in [-0.05, 0) is 55.3 Å². The first-order chi connectivity index (χ1) is 11.4. The molecule has 0 saturated heterocycles. The normalized spacial score (nSPS) is 13.0. The number of halogens is 3. The van der Waals surface area contributed by atoms with Crippen molar-refractivity contribution in [1.82, 2.24) is 4.98 Å². The smallest absolute Gasteiger partial charge is 0.417 e. The summed E-state index contributed by atoms with van der Waals surface area (Å²) in [5, 5.41) is 3.95. The number of hydrogen-bond acceptors (Lipinski definition) is 4. The highest BCUT2D eigenvalue weighted by Gasteiger charge is 2.30. The fourth-order valence-electron chi connectivity index (χ4n) is 1.75. The Bertz CT molecular complexity index is 667. The molecule has 2 aromatic rings. The molecule has 0 spiro atoms. The molecular formula is C17H18F3N3O. The zero-order chi connectivity index (χ0) is 17.6. The zero-order valence-electron chi connectivity index (χ0n) is 13.3. The Hall–Kier alpha value is -2.57. The first-order valence-electron chi connectivity index (χ1n) is 7.47. The van der Waals surface area contributed by atoms with E-state index in [1.54, 1.807) is 6.21 Å². The Kier molecular flexibility index (Phi) is 5.78. The second kappa shape index (κ2) is 7.81. The van der Waals surface area contributed by atoms with Crippen molar-refractivity contribution >= 4 is 12.0 Å². The Morgan fingerprint density at radius 1 is 1.21 bits per heavy atom. The highest BCUT2D eigenvalue weighted by molar-refractivity contribution is 5.80. The molecule has 7 heteroatoms. The molecule has 4 nitrogen and oxygen atoms in total. The molecule has 1 atom stereocenters. The minimum atomic E-state index is -4.39. The Labute approximate surface area is 138 Å². The first-order valence-corrected chi connectivity index (χ1v) is 7.47. The third-order valence-electron chi connectivity index (χ3n) is 3.28. The summed E-state index contributed by atoms with van der Waals surface area (Å²) in [6.45, 7) is 4.04. The van der Waals surface area contributed by atoms with Crippen LogP contribution in [-0.4, -0.2) is 17.3 Å². The van der Waals surface area contributed by atoms with Crippen molar-refractivity contribution in [1.29, 1.82) is 0 Å². The lowest BCUT2D eigenvalue weighted by molar-refractivity contribution is -0.137. The van der Waals surface area contributed by atoms with Crippen molar-refractivity contribution in [2.45, 2.75) is 32.5 Å². The van der Waals surface area contributed by atoms with E-state index in [4.69, 9.17) is 4.74 Å². The number of aromatic nitrogens is 1. The van der Waals surface area contributed by atoms with Crippen LogP contribution in [0.4, 0.5) is 19.0 Å². The van der Waals surface area contributed by atoms with E-state index < -0.39 is 11.7 Å². The summed E-state index contributed by atoms with van der Waals surface area (Å²) >= 11 is 0. The average Bonchev–Trinajstić information content (AvgIpc) is 2.56. The highest BCUT2D eigenvalue weighted by Crippen LogP contribution is 2.28. The van der Waals surface area contributed by atoms with Gasteiger partial charge in [0, 0.05) is 6.20 Å². The number of pyridine rings is 1. The number of alkyl halides is 3. The van der Waals surface area contributed by atoms with Crippen LogP contribution in [0.5, 0.6) is 5.75 Å². The molecule has 0 saturated carbocycles. The summed E-state index contributed by atoms with van der Waals surface area (Å²) in [6.07, 6.45) is -1.01. The number of ether oxygens (including phenoxy) is 1. The van der Waals surface area contributed by atoms with Crippen molar-refractivity contribution in [3.63, 3.8) is 0 Å². The third kappa shape index (κ3) is 5.26. The summed E-state index contributed by atoms with van der Waals surface area (Å²) in [7, 11) is 0. The van der Waals surface area contributed by atoms with Crippen LogP contribution in [0.25, 0.3) is 0 Å². The molecule has 0 aliphatic rings. The van der Waals surface area contributed by atoms with E-state index in [1.807, 2.05) is 38.1 Å². The van der Waals surface area contributed by atoms with Crippen LogP contribution in [-0.2, 0) is 6.18 Å². The lowest BCUT2D eigenvalue weighted by atomic mass is 10.2. The van der Waals surface area contributed by atoms with Crippen LogP contribution in [0, 0.1) is 0 Å². The molecule has 0 aliphatic carbocycles. The Balaban J connectivity index is 1.92. The largest absolute Gasteiger partial charge is 0.491 e. The summed E-state index contributed by atoms with van der Waals surface area (Å²) < 4.78 is 43.0. The highest BCUT2D eigenvalue weighted by atomic mass is 19.4. The van der Waals surface area contributed by atoms with Crippen molar-refractivity contribution in [2.24, 2.45) is 5.10 Å². The standard InChI is InChI=1S/C17H18F3N3O/c1-3-12(2)24-15-7-4-13(5-8-15)10-22-23-16-9-6-14(11-21-16)17(18,19)20/h4-12H,3H2,1-2H3,(H,21,23)/b22-10-/t12-/m0/s1. The van der Waals surface area contributed by atoms with Gasteiger partial charge in [0.15, 0.2) is 0 Å². The van der Waals surface area contributed by atoms with Crippen LogP contribution >= 0.6 is 0 Å². The summed E-state index contributed by atoms with van der Waals surface area (Å²) in [5.74, 6) is 1.01. The monoisotopic (exact) mass is 337 g/mol. The predicted octanol–water partition coefficient (Wildman–Crippen LogP) is 4.72. The number of hydrogen-bond donors (Lipinski definition) is 1.